The van der Waals surface area contributed by atoms with E-state index in [0.717, 1.165) is 23.4 Å². The molecule has 0 aliphatic carbocycles. The van der Waals surface area contributed by atoms with Crippen LogP contribution in [-0.2, 0) is 6.42 Å². The van der Waals surface area contributed by atoms with Gasteiger partial charge in [-0.2, -0.15) is 5.10 Å². The molecule has 0 unspecified atom stereocenters. The van der Waals surface area contributed by atoms with Crippen molar-refractivity contribution < 1.29 is 4.74 Å². The lowest BCUT2D eigenvalue weighted by Gasteiger charge is -2.08. The number of para-hydroxylation sites is 1. The maximum absolute atomic E-state index is 5.39. The van der Waals surface area contributed by atoms with Gasteiger partial charge in [-0.25, -0.2) is 9.97 Å². The molecular formula is C20H20N4O. The summed E-state index contributed by atoms with van der Waals surface area (Å²) in [7, 11) is 1.65. The summed E-state index contributed by atoms with van der Waals surface area (Å²) in [5, 5.41) is 4.24. The summed E-state index contributed by atoms with van der Waals surface area (Å²) in [6, 6.07) is 18.0. The Morgan fingerprint density at radius 3 is 2.68 bits per heavy atom. The van der Waals surface area contributed by atoms with E-state index in [1.165, 1.54) is 17.5 Å². The Morgan fingerprint density at radius 2 is 1.88 bits per heavy atom. The molecule has 25 heavy (non-hydrogen) atoms. The molecular weight excluding hydrogens is 312 g/mol. The molecule has 0 atom stereocenters. The van der Waals surface area contributed by atoms with E-state index in [9.17, 15) is 0 Å². The number of hydrogen-bond donors (Lipinski definition) is 1. The van der Waals surface area contributed by atoms with E-state index >= 15 is 0 Å². The first-order valence-electron chi connectivity index (χ1n) is 8.05. The standard InChI is InChI=1S/C20H20N4O/c1-15-7-9-16(10-8-15)11-12-23-24-20-13-18(21-14-22-20)17-5-3-4-6-19(17)25-2/h3-10,12-14H,11H2,1-2H3,(H,21,22,24). The number of hydrazone groups is 1. The quantitative estimate of drug-likeness (QED) is 0.545. The van der Waals surface area contributed by atoms with E-state index in [1.54, 1.807) is 7.11 Å². The first kappa shape index (κ1) is 16.6. The molecule has 0 aliphatic rings. The van der Waals surface area contributed by atoms with Crippen LogP contribution in [-0.4, -0.2) is 23.3 Å². The van der Waals surface area contributed by atoms with E-state index in [-0.39, 0.29) is 0 Å². The van der Waals surface area contributed by atoms with Gasteiger partial charge in [0.1, 0.15) is 17.9 Å². The second kappa shape index (κ2) is 8.06. The number of ether oxygens (including phenoxy) is 1. The second-order valence-electron chi connectivity index (χ2n) is 5.60. The molecule has 3 aromatic rings. The van der Waals surface area contributed by atoms with E-state index < -0.39 is 0 Å². The molecule has 0 aliphatic heterocycles. The van der Waals surface area contributed by atoms with Gasteiger partial charge in [0.05, 0.1) is 12.8 Å². The minimum Gasteiger partial charge on any atom is -0.496 e. The van der Waals surface area contributed by atoms with Gasteiger partial charge in [0.25, 0.3) is 0 Å². The van der Waals surface area contributed by atoms with Crippen LogP contribution in [0.3, 0.4) is 0 Å². The third-order valence-corrected chi connectivity index (χ3v) is 3.77. The summed E-state index contributed by atoms with van der Waals surface area (Å²) >= 11 is 0. The highest BCUT2D eigenvalue weighted by Gasteiger charge is 2.07. The predicted octanol–water partition coefficient (Wildman–Crippen LogP) is 4.10. The first-order chi connectivity index (χ1) is 12.3. The zero-order chi connectivity index (χ0) is 17.5. The van der Waals surface area contributed by atoms with Gasteiger partial charge in [-0.15, -0.1) is 0 Å². The predicted molar refractivity (Wildman–Crippen MR) is 101 cm³/mol. The molecule has 1 N–H and O–H groups in total. The van der Waals surface area contributed by atoms with Crippen LogP contribution in [0.25, 0.3) is 11.3 Å². The van der Waals surface area contributed by atoms with Crippen molar-refractivity contribution in [3.8, 4) is 17.0 Å². The zero-order valence-corrected chi connectivity index (χ0v) is 14.3. The van der Waals surface area contributed by atoms with Crippen molar-refractivity contribution in [2.24, 2.45) is 5.10 Å². The lowest BCUT2D eigenvalue weighted by Crippen LogP contribution is -1.97. The van der Waals surface area contributed by atoms with Crippen LogP contribution in [0.4, 0.5) is 5.82 Å². The van der Waals surface area contributed by atoms with Crippen LogP contribution < -0.4 is 10.2 Å². The average Bonchev–Trinajstić information content (AvgIpc) is 2.67. The topological polar surface area (TPSA) is 59.4 Å². The molecule has 2 aromatic carbocycles. The van der Waals surface area contributed by atoms with Gasteiger partial charge in [-0.05, 0) is 24.6 Å². The average molecular weight is 332 g/mol. The van der Waals surface area contributed by atoms with Gasteiger partial charge < -0.3 is 4.74 Å². The van der Waals surface area contributed by atoms with Crippen LogP contribution in [0.15, 0.2) is 66.0 Å². The summed E-state index contributed by atoms with van der Waals surface area (Å²) in [6.45, 7) is 2.08. The van der Waals surface area contributed by atoms with Gasteiger partial charge in [0.2, 0.25) is 0 Å². The van der Waals surface area contributed by atoms with Crippen LogP contribution in [0.5, 0.6) is 5.75 Å². The summed E-state index contributed by atoms with van der Waals surface area (Å²) in [4.78, 5) is 8.52. The molecule has 0 amide bonds. The summed E-state index contributed by atoms with van der Waals surface area (Å²) in [5.41, 5.74) is 7.12. The van der Waals surface area contributed by atoms with Crippen molar-refractivity contribution in [1.82, 2.24) is 9.97 Å². The Hall–Kier alpha value is -3.21. The van der Waals surface area contributed by atoms with E-state index in [1.807, 2.05) is 36.5 Å². The largest absolute Gasteiger partial charge is 0.496 e. The van der Waals surface area contributed by atoms with Crippen molar-refractivity contribution in [3.05, 3.63) is 72.1 Å². The van der Waals surface area contributed by atoms with Crippen LogP contribution >= 0.6 is 0 Å². The SMILES string of the molecule is COc1ccccc1-c1cc(NN=CCc2ccc(C)cc2)ncn1. The minimum atomic E-state index is 0.635. The van der Waals surface area contributed by atoms with Gasteiger partial charge in [0.15, 0.2) is 0 Å². The second-order valence-corrected chi connectivity index (χ2v) is 5.60. The highest BCUT2D eigenvalue weighted by atomic mass is 16.5. The van der Waals surface area contributed by atoms with E-state index in [4.69, 9.17) is 4.74 Å². The highest BCUT2D eigenvalue weighted by molar-refractivity contribution is 5.69. The number of nitrogens with zero attached hydrogens (tertiary/aromatic N) is 3. The van der Waals surface area contributed by atoms with Crippen molar-refractivity contribution in [2.45, 2.75) is 13.3 Å². The molecule has 1 aromatic heterocycles. The van der Waals surface area contributed by atoms with Crippen molar-refractivity contribution >= 4 is 12.0 Å². The Bertz CT molecular complexity index is 860. The summed E-state index contributed by atoms with van der Waals surface area (Å²) in [5.74, 6) is 1.41. The maximum atomic E-state index is 5.39. The number of hydrogen-bond acceptors (Lipinski definition) is 5. The smallest absolute Gasteiger partial charge is 0.150 e. The van der Waals surface area contributed by atoms with Crippen LogP contribution in [0, 0.1) is 6.92 Å². The van der Waals surface area contributed by atoms with Crippen molar-refractivity contribution in [1.29, 1.82) is 0 Å². The number of aromatic nitrogens is 2. The summed E-state index contributed by atoms with van der Waals surface area (Å²) < 4.78 is 5.39. The molecule has 5 nitrogen and oxygen atoms in total. The van der Waals surface area contributed by atoms with Gasteiger partial charge >= 0.3 is 0 Å². The lowest BCUT2D eigenvalue weighted by atomic mass is 10.1. The van der Waals surface area contributed by atoms with Gasteiger partial charge in [0, 0.05) is 24.3 Å². The fraction of sp³-hybridized carbons (Fsp3) is 0.150. The molecule has 0 saturated heterocycles. The Labute approximate surface area is 147 Å². The summed E-state index contributed by atoms with van der Waals surface area (Å²) in [6.07, 6.45) is 4.10. The fourth-order valence-corrected chi connectivity index (χ4v) is 2.41. The number of methoxy groups -OCH3 is 1. The van der Waals surface area contributed by atoms with Crippen molar-refractivity contribution in [2.75, 3.05) is 12.5 Å². The van der Waals surface area contributed by atoms with Crippen LogP contribution in [0.1, 0.15) is 11.1 Å². The molecule has 5 heteroatoms. The fourth-order valence-electron chi connectivity index (χ4n) is 2.41. The lowest BCUT2D eigenvalue weighted by molar-refractivity contribution is 0.416. The minimum absolute atomic E-state index is 0.635. The zero-order valence-electron chi connectivity index (χ0n) is 14.3. The monoisotopic (exact) mass is 332 g/mol. The molecule has 0 fully saturated rings. The number of rotatable bonds is 6. The molecule has 126 valence electrons. The maximum Gasteiger partial charge on any atom is 0.150 e. The third-order valence-electron chi connectivity index (χ3n) is 3.77. The van der Waals surface area contributed by atoms with Crippen LogP contribution in [0.2, 0.25) is 0 Å². The molecule has 3 rings (SSSR count). The Balaban J connectivity index is 1.67. The number of benzene rings is 2. The van der Waals surface area contributed by atoms with Gasteiger partial charge in [-0.3, -0.25) is 5.43 Å². The Kier molecular flexibility index (Phi) is 5.36. The van der Waals surface area contributed by atoms with E-state index in [2.05, 4.69) is 51.7 Å². The normalized spacial score (nSPS) is 10.8. The Morgan fingerprint density at radius 1 is 1.08 bits per heavy atom. The molecule has 0 saturated carbocycles. The molecule has 1 heterocycles. The van der Waals surface area contributed by atoms with Gasteiger partial charge in [-0.1, -0.05) is 42.0 Å². The van der Waals surface area contributed by atoms with E-state index in [0.29, 0.717) is 5.82 Å². The number of nitrogens with one attached hydrogen (secondary N) is 1. The van der Waals surface area contributed by atoms with Crippen molar-refractivity contribution in [3.63, 3.8) is 0 Å². The number of aryl methyl sites for hydroxylation is 1. The number of anilines is 1. The molecule has 0 spiro atoms. The first-order valence-corrected chi connectivity index (χ1v) is 8.05. The third kappa shape index (κ3) is 4.41. The molecule has 0 radical (unpaired) electrons. The highest BCUT2D eigenvalue weighted by Crippen LogP contribution is 2.28. The molecule has 0 bridgehead atoms.